The van der Waals surface area contributed by atoms with Crippen LogP contribution in [0.5, 0.6) is 0 Å². The van der Waals surface area contributed by atoms with E-state index in [1.165, 1.54) is 12.8 Å². The van der Waals surface area contributed by atoms with Crippen LogP contribution in [-0.4, -0.2) is 17.4 Å². The maximum absolute atomic E-state index is 12.2. The molecule has 4 nitrogen and oxygen atoms in total. The smallest absolute Gasteiger partial charge is 0.270 e. The SMILES string of the molecule is CCC1(CNC(=O)c2cc(N)c3ccccc3n2)CC1. The number of hydrogen-bond donors (Lipinski definition) is 2. The Kier molecular flexibility index (Phi) is 3.08. The fourth-order valence-electron chi connectivity index (χ4n) is 2.51. The van der Waals surface area contributed by atoms with Crippen LogP contribution >= 0.6 is 0 Å². The summed E-state index contributed by atoms with van der Waals surface area (Å²) in [6, 6.07) is 9.25. The number of pyridine rings is 1. The highest BCUT2D eigenvalue weighted by Gasteiger charge is 2.40. The first-order chi connectivity index (χ1) is 9.63. The molecule has 2 aromatic rings. The van der Waals surface area contributed by atoms with Gasteiger partial charge < -0.3 is 11.1 Å². The summed E-state index contributed by atoms with van der Waals surface area (Å²) in [5.74, 6) is -0.137. The second-order valence-electron chi connectivity index (χ2n) is 5.65. The van der Waals surface area contributed by atoms with Crippen molar-refractivity contribution in [2.24, 2.45) is 5.41 Å². The van der Waals surface area contributed by atoms with Gasteiger partial charge in [0.25, 0.3) is 5.91 Å². The highest BCUT2D eigenvalue weighted by atomic mass is 16.1. The number of nitrogens with zero attached hydrogens (tertiary/aromatic N) is 1. The van der Waals surface area contributed by atoms with E-state index < -0.39 is 0 Å². The molecule has 0 saturated heterocycles. The van der Waals surface area contributed by atoms with Gasteiger partial charge in [0.2, 0.25) is 0 Å². The largest absolute Gasteiger partial charge is 0.398 e. The van der Waals surface area contributed by atoms with Crippen LogP contribution in [0.15, 0.2) is 30.3 Å². The van der Waals surface area contributed by atoms with Crippen molar-refractivity contribution in [2.45, 2.75) is 26.2 Å². The number of amides is 1. The molecule has 104 valence electrons. The van der Waals surface area contributed by atoms with Crippen LogP contribution in [0.3, 0.4) is 0 Å². The molecule has 3 N–H and O–H groups in total. The van der Waals surface area contributed by atoms with Gasteiger partial charge in [-0.05, 0) is 36.8 Å². The lowest BCUT2D eigenvalue weighted by Crippen LogP contribution is -2.30. The maximum Gasteiger partial charge on any atom is 0.270 e. The molecule has 0 spiro atoms. The van der Waals surface area contributed by atoms with Crippen molar-refractivity contribution in [3.8, 4) is 0 Å². The van der Waals surface area contributed by atoms with Crippen LogP contribution in [0, 0.1) is 5.41 Å². The average Bonchev–Trinajstić information content (AvgIpc) is 3.25. The molecule has 0 atom stereocenters. The van der Waals surface area contributed by atoms with Gasteiger partial charge in [-0.2, -0.15) is 0 Å². The number of nitrogens with two attached hydrogens (primary N) is 1. The first kappa shape index (κ1) is 12.9. The molecule has 0 aliphatic heterocycles. The maximum atomic E-state index is 12.2. The number of aromatic nitrogens is 1. The van der Waals surface area contributed by atoms with E-state index in [0.717, 1.165) is 23.9 Å². The third kappa shape index (κ3) is 2.33. The van der Waals surface area contributed by atoms with Gasteiger partial charge in [-0.1, -0.05) is 25.1 Å². The van der Waals surface area contributed by atoms with Gasteiger partial charge >= 0.3 is 0 Å². The van der Waals surface area contributed by atoms with E-state index in [0.29, 0.717) is 16.8 Å². The lowest BCUT2D eigenvalue weighted by molar-refractivity contribution is 0.0940. The molecule has 1 aromatic carbocycles. The number of nitrogen functional groups attached to an aromatic ring is 1. The van der Waals surface area contributed by atoms with Crippen molar-refractivity contribution in [1.29, 1.82) is 0 Å². The number of hydrogen-bond acceptors (Lipinski definition) is 3. The summed E-state index contributed by atoms with van der Waals surface area (Å²) in [5, 5.41) is 3.87. The number of rotatable bonds is 4. The monoisotopic (exact) mass is 269 g/mol. The predicted octanol–water partition coefficient (Wildman–Crippen LogP) is 2.74. The van der Waals surface area contributed by atoms with Gasteiger partial charge in [-0.3, -0.25) is 4.79 Å². The summed E-state index contributed by atoms with van der Waals surface area (Å²) in [7, 11) is 0. The van der Waals surface area contributed by atoms with E-state index in [4.69, 9.17) is 5.73 Å². The van der Waals surface area contributed by atoms with Gasteiger partial charge in [-0.25, -0.2) is 4.98 Å². The van der Waals surface area contributed by atoms with E-state index in [-0.39, 0.29) is 5.91 Å². The molecule has 1 saturated carbocycles. The minimum Gasteiger partial charge on any atom is -0.398 e. The lowest BCUT2D eigenvalue weighted by Gasteiger charge is -2.13. The molecule has 1 aliphatic carbocycles. The number of fused-ring (bicyclic) bond motifs is 1. The molecule has 0 unspecified atom stereocenters. The van der Waals surface area contributed by atoms with Gasteiger partial charge in [0.05, 0.1) is 5.52 Å². The fourth-order valence-corrected chi connectivity index (χ4v) is 2.51. The number of para-hydroxylation sites is 1. The van der Waals surface area contributed by atoms with Crippen LogP contribution in [0.2, 0.25) is 0 Å². The van der Waals surface area contributed by atoms with Crippen molar-refractivity contribution in [2.75, 3.05) is 12.3 Å². The molecule has 1 aromatic heterocycles. The molecule has 0 radical (unpaired) electrons. The topological polar surface area (TPSA) is 68.0 Å². The quantitative estimate of drug-likeness (QED) is 0.896. The van der Waals surface area contributed by atoms with E-state index in [9.17, 15) is 4.79 Å². The van der Waals surface area contributed by atoms with E-state index in [2.05, 4.69) is 17.2 Å². The summed E-state index contributed by atoms with van der Waals surface area (Å²) >= 11 is 0. The average molecular weight is 269 g/mol. The fraction of sp³-hybridized carbons (Fsp3) is 0.375. The zero-order valence-electron chi connectivity index (χ0n) is 11.6. The highest BCUT2D eigenvalue weighted by molar-refractivity contribution is 5.99. The minimum atomic E-state index is -0.137. The highest BCUT2D eigenvalue weighted by Crippen LogP contribution is 2.47. The van der Waals surface area contributed by atoms with Gasteiger partial charge in [0, 0.05) is 17.6 Å². The minimum absolute atomic E-state index is 0.137. The Labute approximate surface area is 118 Å². The molecule has 20 heavy (non-hydrogen) atoms. The Balaban J connectivity index is 1.81. The lowest BCUT2D eigenvalue weighted by atomic mass is 10.0. The Bertz CT molecular complexity index is 662. The Morgan fingerprint density at radius 3 is 2.85 bits per heavy atom. The molecule has 4 heteroatoms. The third-order valence-electron chi connectivity index (χ3n) is 4.31. The van der Waals surface area contributed by atoms with Gasteiger partial charge in [0.15, 0.2) is 0 Å². The zero-order chi connectivity index (χ0) is 14.2. The van der Waals surface area contributed by atoms with E-state index >= 15 is 0 Å². The van der Waals surface area contributed by atoms with Crippen molar-refractivity contribution in [3.05, 3.63) is 36.0 Å². The van der Waals surface area contributed by atoms with Gasteiger partial charge in [-0.15, -0.1) is 0 Å². The molecule has 1 fully saturated rings. The first-order valence-electron chi connectivity index (χ1n) is 7.07. The van der Waals surface area contributed by atoms with Crippen molar-refractivity contribution in [3.63, 3.8) is 0 Å². The number of anilines is 1. The van der Waals surface area contributed by atoms with Crippen LogP contribution in [0.1, 0.15) is 36.7 Å². The molecular formula is C16H19N3O. The molecule has 1 aliphatic rings. The summed E-state index contributed by atoms with van der Waals surface area (Å²) < 4.78 is 0. The van der Waals surface area contributed by atoms with Crippen molar-refractivity contribution in [1.82, 2.24) is 10.3 Å². The Morgan fingerprint density at radius 1 is 1.40 bits per heavy atom. The number of benzene rings is 1. The van der Waals surface area contributed by atoms with Crippen LogP contribution < -0.4 is 11.1 Å². The molecular weight excluding hydrogens is 250 g/mol. The van der Waals surface area contributed by atoms with E-state index in [1.54, 1.807) is 6.07 Å². The first-order valence-corrected chi connectivity index (χ1v) is 7.07. The number of carbonyl (C=O) groups is 1. The number of nitrogens with one attached hydrogen (secondary N) is 1. The van der Waals surface area contributed by atoms with E-state index in [1.807, 2.05) is 24.3 Å². The van der Waals surface area contributed by atoms with Crippen LogP contribution in [0.4, 0.5) is 5.69 Å². The van der Waals surface area contributed by atoms with Gasteiger partial charge in [0.1, 0.15) is 5.69 Å². The summed E-state index contributed by atoms with van der Waals surface area (Å²) in [6.45, 7) is 2.90. The second-order valence-corrected chi connectivity index (χ2v) is 5.65. The summed E-state index contributed by atoms with van der Waals surface area (Å²) in [4.78, 5) is 16.6. The molecule has 1 heterocycles. The molecule has 1 amide bonds. The van der Waals surface area contributed by atoms with Crippen molar-refractivity contribution >= 4 is 22.5 Å². The Hall–Kier alpha value is -2.10. The second kappa shape index (κ2) is 4.78. The molecule has 0 bridgehead atoms. The zero-order valence-corrected chi connectivity index (χ0v) is 11.6. The Morgan fingerprint density at radius 2 is 2.15 bits per heavy atom. The normalized spacial score (nSPS) is 16.1. The molecule has 3 rings (SSSR count). The third-order valence-corrected chi connectivity index (χ3v) is 4.31. The number of carbonyl (C=O) groups excluding carboxylic acids is 1. The standard InChI is InChI=1S/C16H19N3O/c1-2-16(7-8-16)10-18-15(20)14-9-12(17)11-5-3-4-6-13(11)19-14/h3-6,9H,2,7-8,10H2,1H3,(H2,17,19)(H,18,20). The summed E-state index contributed by atoms with van der Waals surface area (Å²) in [5.41, 5.74) is 8.08. The van der Waals surface area contributed by atoms with Crippen LogP contribution in [-0.2, 0) is 0 Å². The summed E-state index contributed by atoms with van der Waals surface area (Å²) in [6.07, 6.45) is 3.52. The predicted molar refractivity (Wildman–Crippen MR) is 80.4 cm³/mol. The van der Waals surface area contributed by atoms with Crippen LogP contribution in [0.25, 0.3) is 10.9 Å². The van der Waals surface area contributed by atoms with Crippen molar-refractivity contribution < 1.29 is 4.79 Å².